The zero-order chi connectivity index (χ0) is 9.90. The lowest BCUT2D eigenvalue weighted by molar-refractivity contribution is -0.154. The lowest BCUT2D eigenvalue weighted by Gasteiger charge is -2.19. The van der Waals surface area contributed by atoms with Crippen LogP contribution in [0.5, 0.6) is 0 Å². The van der Waals surface area contributed by atoms with Crippen molar-refractivity contribution < 1.29 is 9.53 Å². The first-order valence-electron chi connectivity index (χ1n) is 5.19. The summed E-state index contributed by atoms with van der Waals surface area (Å²) in [6.07, 6.45) is 5.54. The standard InChI is InChI=1S/C11H20O2/c1-11(2,3)13-10(12)6-4-5-9-7-8-9/h9H,4-8H2,1-3H3. The Hall–Kier alpha value is -0.530. The van der Waals surface area contributed by atoms with Crippen molar-refractivity contribution in [2.75, 3.05) is 0 Å². The van der Waals surface area contributed by atoms with Gasteiger partial charge in [0.25, 0.3) is 0 Å². The Bertz CT molecular complexity index is 175. The Balaban J connectivity index is 2.02. The van der Waals surface area contributed by atoms with E-state index < -0.39 is 0 Å². The van der Waals surface area contributed by atoms with Crippen LogP contribution in [0.4, 0.5) is 0 Å². The Morgan fingerprint density at radius 2 is 2.00 bits per heavy atom. The molecule has 1 rings (SSSR count). The first kappa shape index (κ1) is 10.6. The third-order valence-corrected chi connectivity index (χ3v) is 2.11. The second kappa shape index (κ2) is 4.12. The predicted octanol–water partition coefficient (Wildman–Crippen LogP) is 2.91. The Kier molecular flexibility index (Phi) is 3.34. The van der Waals surface area contributed by atoms with Crippen LogP contribution in [0.1, 0.15) is 52.9 Å². The van der Waals surface area contributed by atoms with E-state index in [0.29, 0.717) is 6.42 Å². The van der Waals surface area contributed by atoms with Gasteiger partial charge in [-0.3, -0.25) is 4.79 Å². The molecule has 0 saturated heterocycles. The molecule has 1 aliphatic rings. The Morgan fingerprint density at radius 1 is 1.38 bits per heavy atom. The van der Waals surface area contributed by atoms with E-state index in [1.54, 1.807) is 0 Å². The van der Waals surface area contributed by atoms with Crippen LogP contribution in [0.15, 0.2) is 0 Å². The minimum Gasteiger partial charge on any atom is -0.460 e. The Labute approximate surface area is 80.7 Å². The zero-order valence-corrected chi connectivity index (χ0v) is 8.93. The van der Waals surface area contributed by atoms with Gasteiger partial charge in [0.05, 0.1) is 0 Å². The largest absolute Gasteiger partial charge is 0.460 e. The summed E-state index contributed by atoms with van der Waals surface area (Å²) < 4.78 is 5.20. The minimum atomic E-state index is -0.323. The molecule has 0 spiro atoms. The van der Waals surface area contributed by atoms with Gasteiger partial charge in [-0.25, -0.2) is 0 Å². The van der Waals surface area contributed by atoms with Crippen molar-refractivity contribution in [1.29, 1.82) is 0 Å². The highest BCUT2D eigenvalue weighted by molar-refractivity contribution is 5.69. The molecular weight excluding hydrogens is 164 g/mol. The molecule has 0 bridgehead atoms. The monoisotopic (exact) mass is 184 g/mol. The van der Waals surface area contributed by atoms with E-state index in [0.717, 1.165) is 12.3 Å². The molecule has 2 nitrogen and oxygen atoms in total. The smallest absolute Gasteiger partial charge is 0.306 e. The highest BCUT2D eigenvalue weighted by Gasteiger charge is 2.21. The van der Waals surface area contributed by atoms with Crippen LogP contribution in [0.3, 0.4) is 0 Å². The number of hydrogen-bond donors (Lipinski definition) is 0. The second-order valence-corrected chi connectivity index (χ2v) is 4.92. The average Bonchev–Trinajstić information content (AvgIpc) is 2.66. The van der Waals surface area contributed by atoms with E-state index in [-0.39, 0.29) is 11.6 Å². The summed E-state index contributed by atoms with van der Waals surface area (Å²) in [5.41, 5.74) is -0.323. The summed E-state index contributed by atoms with van der Waals surface area (Å²) >= 11 is 0. The Morgan fingerprint density at radius 3 is 2.46 bits per heavy atom. The fraction of sp³-hybridized carbons (Fsp3) is 0.909. The predicted molar refractivity (Wildman–Crippen MR) is 52.4 cm³/mol. The molecule has 0 N–H and O–H groups in total. The maximum Gasteiger partial charge on any atom is 0.306 e. The number of hydrogen-bond acceptors (Lipinski definition) is 2. The maximum atomic E-state index is 11.2. The van der Waals surface area contributed by atoms with Gasteiger partial charge in [-0.2, -0.15) is 0 Å². The molecule has 0 atom stereocenters. The SMILES string of the molecule is CC(C)(C)OC(=O)CCCC1CC1. The van der Waals surface area contributed by atoms with E-state index in [9.17, 15) is 4.79 Å². The van der Waals surface area contributed by atoms with Gasteiger partial charge in [0.2, 0.25) is 0 Å². The molecule has 13 heavy (non-hydrogen) atoms. The normalized spacial score (nSPS) is 17.2. The van der Waals surface area contributed by atoms with Crippen molar-refractivity contribution in [3.05, 3.63) is 0 Å². The van der Waals surface area contributed by atoms with E-state index in [1.807, 2.05) is 20.8 Å². The lowest BCUT2D eigenvalue weighted by atomic mass is 10.1. The van der Waals surface area contributed by atoms with Gasteiger partial charge in [-0.05, 0) is 39.5 Å². The molecule has 0 aromatic carbocycles. The van der Waals surface area contributed by atoms with Gasteiger partial charge in [-0.1, -0.05) is 12.8 Å². The van der Waals surface area contributed by atoms with Crippen molar-refractivity contribution in [2.24, 2.45) is 5.92 Å². The van der Waals surface area contributed by atoms with Crippen molar-refractivity contribution >= 4 is 5.97 Å². The van der Waals surface area contributed by atoms with E-state index in [4.69, 9.17) is 4.74 Å². The fourth-order valence-electron chi connectivity index (χ4n) is 1.33. The molecule has 0 amide bonds. The number of carbonyl (C=O) groups excluding carboxylic acids is 1. The van der Waals surface area contributed by atoms with Crippen molar-refractivity contribution in [3.8, 4) is 0 Å². The maximum absolute atomic E-state index is 11.2. The molecule has 1 aliphatic carbocycles. The van der Waals surface area contributed by atoms with Crippen LogP contribution in [0, 0.1) is 5.92 Å². The van der Waals surface area contributed by atoms with Gasteiger partial charge in [-0.15, -0.1) is 0 Å². The van der Waals surface area contributed by atoms with Crippen molar-refractivity contribution in [1.82, 2.24) is 0 Å². The average molecular weight is 184 g/mol. The molecule has 0 aliphatic heterocycles. The summed E-state index contributed by atoms with van der Waals surface area (Å²) in [5, 5.41) is 0. The van der Waals surface area contributed by atoms with Crippen LogP contribution in [0.25, 0.3) is 0 Å². The molecule has 0 heterocycles. The number of ether oxygens (including phenoxy) is 1. The van der Waals surface area contributed by atoms with Crippen molar-refractivity contribution in [3.63, 3.8) is 0 Å². The van der Waals surface area contributed by atoms with Gasteiger partial charge < -0.3 is 4.74 Å². The fourth-order valence-corrected chi connectivity index (χ4v) is 1.33. The van der Waals surface area contributed by atoms with E-state index >= 15 is 0 Å². The third-order valence-electron chi connectivity index (χ3n) is 2.11. The van der Waals surface area contributed by atoms with Crippen molar-refractivity contribution in [2.45, 2.75) is 58.5 Å². The number of esters is 1. The zero-order valence-electron chi connectivity index (χ0n) is 8.93. The van der Waals surface area contributed by atoms with Gasteiger partial charge >= 0.3 is 5.97 Å². The first-order valence-corrected chi connectivity index (χ1v) is 5.19. The van der Waals surface area contributed by atoms with E-state index in [1.165, 1.54) is 19.3 Å². The van der Waals surface area contributed by atoms with Crippen LogP contribution in [0.2, 0.25) is 0 Å². The van der Waals surface area contributed by atoms with Crippen LogP contribution in [-0.2, 0) is 9.53 Å². The lowest BCUT2D eigenvalue weighted by Crippen LogP contribution is -2.23. The van der Waals surface area contributed by atoms with Crippen LogP contribution >= 0.6 is 0 Å². The molecule has 1 fully saturated rings. The molecule has 76 valence electrons. The molecule has 1 saturated carbocycles. The minimum absolute atomic E-state index is 0.0480. The molecule has 2 heteroatoms. The summed E-state index contributed by atoms with van der Waals surface area (Å²) in [6.45, 7) is 5.73. The van der Waals surface area contributed by atoms with Gasteiger partial charge in [0.1, 0.15) is 5.60 Å². The molecule has 0 aromatic heterocycles. The topological polar surface area (TPSA) is 26.3 Å². The van der Waals surface area contributed by atoms with Gasteiger partial charge in [0.15, 0.2) is 0 Å². The molecule has 0 radical (unpaired) electrons. The molecule has 0 aromatic rings. The van der Waals surface area contributed by atoms with E-state index in [2.05, 4.69) is 0 Å². The van der Waals surface area contributed by atoms with Crippen LogP contribution in [-0.4, -0.2) is 11.6 Å². The molecule has 0 unspecified atom stereocenters. The highest BCUT2D eigenvalue weighted by Crippen LogP contribution is 2.33. The summed E-state index contributed by atoms with van der Waals surface area (Å²) in [6, 6.07) is 0. The summed E-state index contributed by atoms with van der Waals surface area (Å²) in [4.78, 5) is 11.2. The van der Waals surface area contributed by atoms with Gasteiger partial charge in [0, 0.05) is 6.42 Å². The number of rotatable bonds is 4. The molecular formula is C11H20O2. The second-order valence-electron chi connectivity index (χ2n) is 4.92. The summed E-state index contributed by atoms with van der Waals surface area (Å²) in [7, 11) is 0. The van der Waals surface area contributed by atoms with Crippen LogP contribution < -0.4 is 0 Å². The highest BCUT2D eigenvalue weighted by atomic mass is 16.6. The number of carbonyl (C=O) groups is 1. The summed E-state index contributed by atoms with van der Waals surface area (Å²) in [5.74, 6) is 0.871. The quantitative estimate of drug-likeness (QED) is 0.628. The third kappa shape index (κ3) is 5.67. The first-order chi connectivity index (χ1) is 5.97.